The van der Waals surface area contributed by atoms with Crippen LogP contribution in [0.5, 0.6) is 0 Å². The summed E-state index contributed by atoms with van der Waals surface area (Å²) >= 11 is 3.47. The summed E-state index contributed by atoms with van der Waals surface area (Å²) in [5, 5.41) is 5.63. The molecule has 0 heterocycles. The van der Waals surface area contributed by atoms with Crippen LogP contribution in [0, 0.1) is 0 Å². The molecule has 2 rings (SSSR count). The van der Waals surface area contributed by atoms with E-state index < -0.39 is 0 Å². The lowest BCUT2D eigenvalue weighted by Gasteiger charge is -2.07. The van der Waals surface area contributed by atoms with Crippen LogP contribution in [0.4, 0.5) is 0 Å². The van der Waals surface area contributed by atoms with Crippen molar-refractivity contribution in [1.29, 1.82) is 0 Å². The van der Waals surface area contributed by atoms with Crippen molar-refractivity contribution in [1.82, 2.24) is 10.6 Å². The molecule has 0 aliphatic rings. The van der Waals surface area contributed by atoms with Crippen molar-refractivity contribution in [2.24, 2.45) is 0 Å². The van der Waals surface area contributed by atoms with E-state index in [2.05, 4.69) is 26.6 Å². The highest BCUT2D eigenvalue weighted by Gasteiger charge is 2.06. The maximum absolute atomic E-state index is 11.8. The van der Waals surface area contributed by atoms with E-state index in [0.29, 0.717) is 25.9 Å². The van der Waals surface area contributed by atoms with Gasteiger partial charge in [-0.2, -0.15) is 0 Å². The van der Waals surface area contributed by atoms with Crippen molar-refractivity contribution in [3.63, 3.8) is 0 Å². The number of carbonyl (C=O) groups is 2. The summed E-state index contributed by atoms with van der Waals surface area (Å²) in [6.45, 7) is 0.866. The van der Waals surface area contributed by atoms with Gasteiger partial charge in [0.05, 0.1) is 0 Å². The van der Waals surface area contributed by atoms with Crippen LogP contribution >= 0.6 is 15.9 Å². The maximum atomic E-state index is 11.8. The highest BCUT2D eigenvalue weighted by Crippen LogP contribution is 2.17. The van der Waals surface area contributed by atoms with Crippen LogP contribution in [-0.2, 0) is 22.6 Å². The molecule has 0 aliphatic heterocycles. The Morgan fingerprint density at radius 3 is 2.25 bits per heavy atom. The number of benzene rings is 2. The second-order valence-electron chi connectivity index (χ2n) is 5.45. The van der Waals surface area contributed by atoms with E-state index in [-0.39, 0.29) is 18.2 Å². The number of hydrogen-bond donors (Lipinski definition) is 2. The van der Waals surface area contributed by atoms with Gasteiger partial charge in [-0.25, -0.2) is 0 Å². The number of carbonyl (C=O) groups excluding carboxylic acids is 2. The highest BCUT2D eigenvalue weighted by molar-refractivity contribution is 9.10. The Hall–Kier alpha value is -2.14. The summed E-state index contributed by atoms with van der Waals surface area (Å²) in [6, 6.07) is 17.6. The molecule has 0 unspecified atom stereocenters. The third-order valence-electron chi connectivity index (χ3n) is 3.59. The van der Waals surface area contributed by atoms with E-state index in [1.165, 1.54) is 0 Å². The molecule has 0 saturated carbocycles. The number of hydrogen-bond acceptors (Lipinski definition) is 2. The van der Waals surface area contributed by atoms with Gasteiger partial charge in [-0.3, -0.25) is 9.59 Å². The van der Waals surface area contributed by atoms with E-state index in [1.807, 2.05) is 54.6 Å². The van der Waals surface area contributed by atoms with Crippen molar-refractivity contribution in [2.45, 2.75) is 25.8 Å². The SMILES string of the molecule is O=C(CCc1ccccc1Br)NCCC(=O)NCc1ccccc1. The second-order valence-corrected chi connectivity index (χ2v) is 6.31. The van der Waals surface area contributed by atoms with E-state index in [1.54, 1.807) is 0 Å². The van der Waals surface area contributed by atoms with Crippen LogP contribution < -0.4 is 10.6 Å². The van der Waals surface area contributed by atoms with Crippen LogP contribution in [0.15, 0.2) is 59.1 Å². The van der Waals surface area contributed by atoms with Gasteiger partial charge in [0.1, 0.15) is 0 Å². The number of aryl methyl sites for hydroxylation is 1. The first-order valence-corrected chi connectivity index (χ1v) is 8.75. The monoisotopic (exact) mass is 388 g/mol. The number of halogens is 1. The van der Waals surface area contributed by atoms with Gasteiger partial charge in [0.2, 0.25) is 11.8 Å². The molecule has 4 nitrogen and oxygen atoms in total. The van der Waals surface area contributed by atoms with Crippen molar-refractivity contribution in [3.8, 4) is 0 Å². The Morgan fingerprint density at radius 2 is 1.50 bits per heavy atom. The summed E-state index contributed by atoms with van der Waals surface area (Å²) in [5.41, 5.74) is 2.16. The molecule has 5 heteroatoms. The van der Waals surface area contributed by atoms with Gasteiger partial charge in [-0.05, 0) is 23.6 Å². The minimum absolute atomic E-state index is 0.0402. The minimum atomic E-state index is -0.0649. The van der Waals surface area contributed by atoms with Crippen molar-refractivity contribution in [2.75, 3.05) is 6.54 Å². The highest BCUT2D eigenvalue weighted by atomic mass is 79.9. The molecule has 24 heavy (non-hydrogen) atoms. The van der Waals surface area contributed by atoms with Crippen LogP contribution in [0.2, 0.25) is 0 Å². The van der Waals surface area contributed by atoms with Gasteiger partial charge in [0.25, 0.3) is 0 Å². The predicted molar refractivity (Wildman–Crippen MR) is 98.4 cm³/mol. The molecule has 0 radical (unpaired) electrons. The van der Waals surface area contributed by atoms with Crippen LogP contribution in [0.1, 0.15) is 24.0 Å². The summed E-state index contributed by atoms with van der Waals surface area (Å²) in [5.74, 6) is -0.105. The topological polar surface area (TPSA) is 58.2 Å². The minimum Gasteiger partial charge on any atom is -0.356 e. The lowest BCUT2D eigenvalue weighted by Crippen LogP contribution is -2.30. The fourth-order valence-corrected chi connectivity index (χ4v) is 2.72. The predicted octanol–water partition coefficient (Wildman–Crippen LogP) is 3.20. The Balaban J connectivity index is 1.60. The molecular weight excluding hydrogens is 368 g/mol. The molecular formula is C19H21BrN2O2. The number of amides is 2. The molecule has 0 aliphatic carbocycles. The van der Waals surface area contributed by atoms with Crippen molar-refractivity contribution < 1.29 is 9.59 Å². The lowest BCUT2D eigenvalue weighted by atomic mass is 10.1. The summed E-state index contributed by atoms with van der Waals surface area (Å²) < 4.78 is 1.01. The van der Waals surface area contributed by atoms with Crippen LogP contribution in [0.25, 0.3) is 0 Å². The van der Waals surface area contributed by atoms with E-state index in [9.17, 15) is 9.59 Å². The molecule has 2 N–H and O–H groups in total. The molecule has 126 valence electrons. The Labute approximate surface area is 150 Å². The Bertz CT molecular complexity index is 674. The van der Waals surface area contributed by atoms with Crippen molar-refractivity contribution >= 4 is 27.7 Å². The third kappa shape index (κ3) is 6.54. The van der Waals surface area contributed by atoms with Crippen LogP contribution in [0.3, 0.4) is 0 Å². The molecule has 2 aromatic carbocycles. The quantitative estimate of drug-likeness (QED) is 0.729. The van der Waals surface area contributed by atoms with Crippen LogP contribution in [-0.4, -0.2) is 18.4 Å². The van der Waals surface area contributed by atoms with E-state index in [0.717, 1.165) is 15.6 Å². The molecule has 2 aromatic rings. The smallest absolute Gasteiger partial charge is 0.222 e. The van der Waals surface area contributed by atoms with E-state index in [4.69, 9.17) is 0 Å². The number of rotatable bonds is 8. The van der Waals surface area contributed by atoms with Crippen molar-refractivity contribution in [3.05, 3.63) is 70.2 Å². The molecule has 0 aromatic heterocycles. The standard InChI is InChI=1S/C19H21BrN2O2/c20-17-9-5-4-8-16(17)10-11-18(23)21-13-12-19(24)22-14-15-6-2-1-3-7-15/h1-9H,10-14H2,(H,21,23)(H,22,24). The normalized spacial score (nSPS) is 10.2. The lowest BCUT2D eigenvalue weighted by molar-refractivity contribution is -0.122. The largest absolute Gasteiger partial charge is 0.356 e. The fraction of sp³-hybridized carbons (Fsp3) is 0.263. The van der Waals surface area contributed by atoms with Gasteiger partial charge in [0, 0.05) is 30.4 Å². The number of nitrogens with one attached hydrogen (secondary N) is 2. The zero-order chi connectivity index (χ0) is 17.2. The second kappa shape index (κ2) is 9.88. The molecule has 0 saturated heterocycles. The first-order chi connectivity index (χ1) is 11.6. The maximum Gasteiger partial charge on any atom is 0.222 e. The molecule has 0 bridgehead atoms. The Kier molecular flexibility index (Phi) is 7.49. The molecule has 0 spiro atoms. The third-order valence-corrected chi connectivity index (χ3v) is 4.36. The average molecular weight is 389 g/mol. The average Bonchev–Trinajstić information content (AvgIpc) is 2.60. The first kappa shape index (κ1) is 18.2. The molecule has 2 amide bonds. The van der Waals surface area contributed by atoms with E-state index >= 15 is 0 Å². The van der Waals surface area contributed by atoms with Gasteiger partial charge in [0.15, 0.2) is 0 Å². The summed E-state index contributed by atoms with van der Waals surface area (Å²) in [4.78, 5) is 23.6. The molecule has 0 fully saturated rings. The summed E-state index contributed by atoms with van der Waals surface area (Å²) in [7, 11) is 0. The molecule has 0 atom stereocenters. The summed E-state index contributed by atoms with van der Waals surface area (Å²) in [6.07, 6.45) is 1.37. The van der Waals surface area contributed by atoms with Gasteiger partial charge >= 0.3 is 0 Å². The van der Waals surface area contributed by atoms with Gasteiger partial charge in [-0.15, -0.1) is 0 Å². The fourth-order valence-electron chi connectivity index (χ4n) is 2.24. The zero-order valence-electron chi connectivity index (χ0n) is 13.4. The van der Waals surface area contributed by atoms with Gasteiger partial charge in [-0.1, -0.05) is 64.5 Å². The first-order valence-electron chi connectivity index (χ1n) is 7.96. The Morgan fingerprint density at radius 1 is 0.833 bits per heavy atom. The zero-order valence-corrected chi connectivity index (χ0v) is 15.0. The van der Waals surface area contributed by atoms with Gasteiger partial charge < -0.3 is 10.6 Å².